The van der Waals surface area contributed by atoms with Crippen LogP contribution in [-0.2, 0) is 4.79 Å². The summed E-state index contributed by atoms with van der Waals surface area (Å²) in [6.07, 6.45) is 0. The number of carbonyl (C=O) groups excluding carboxylic acids is 1. The molecule has 0 aliphatic heterocycles. The van der Waals surface area contributed by atoms with Crippen LogP contribution in [0.15, 0.2) is 64.2 Å². The van der Waals surface area contributed by atoms with Crippen molar-refractivity contribution in [2.45, 2.75) is 18.2 Å². The second-order valence-electron chi connectivity index (χ2n) is 6.73. The monoisotopic (exact) mass is 396 g/mol. The Balaban J connectivity index is 1.52. The minimum Gasteiger partial charge on any atom is -0.411 e. The number of hydrogen-bond acceptors (Lipinski definition) is 6. The standard InChI is InChI=1S/C21H24N4O2S/c1-15-8-7-11-17(12-15)20-23-24-21(27-20)28-14-19(26)22-13-18(25(2)3)16-9-5-4-6-10-16/h4-12,18H,13-14H2,1-3H3,(H,22,26)/t18-/m0/s1. The number of aryl methyl sites for hydroxylation is 1. The third-order valence-electron chi connectivity index (χ3n) is 4.30. The summed E-state index contributed by atoms with van der Waals surface area (Å²) in [5.41, 5.74) is 3.17. The van der Waals surface area contributed by atoms with Crippen LogP contribution >= 0.6 is 11.8 Å². The lowest BCUT2D eigenvalue weighted by atomic mass is 10.1. The Morgan fingerprint density at radius 3 is 2.64 bits per heavy atom. The van der Waals surface area contributed by atoms with E-state index in [1.54, 1.807) is 0 Å². The SMILES string of the molecule is Cc1cccc(-c2nnc(SCC(=O)NC[C@@H](c3ccccc3)N(C)C)o2)c1. The van der Waals surface area contributed by atoms with Gasteiger partial charge in [0.2, 0.25) is 11.8 Å². The maximum Gasteiger partial charge on any atom is 0.277 e. The van der Waals surface area contributed by atoms with E-state index in [0.29, 0.717) is 17.7 Å². The van der Waals surface area contributed by atoms with Crippen molar-refractivity contribution < 1.29 is 9.21 Å². The van der Waals surface area contributed by atoms with Gasteiger partial charge < -0.3 is 14.6 Å². The van der Waals surface area contributed by atoms with Gasteiger partial charge in [-0.25, -0.2) is 0 Å². The molecule has 0 radical (unpaired) electrons. The zero-order chi connectivity index (χ0) is 19.9. The number of thioether (sulfide) groups is 1. The molecule has 28 heavy (non-hydrogen) atoms. The lowest BCUT2D eigenvalue weighted by Crippen LogP contribution is -2.35. The quantitative estimate of drug-likeness (QED) is 0.587. The first kappa shape index (κ1) is 20.1. The van der Waals surface area contributed by atoms with E-state index in [2.05, 4.69) is 32.5 Å². The maximum absolute atomic E-state index is 12.3. The van der Waals surface area contributed by atoms with Gasteiger partial charge in [-0.2, -0.15) is 0 Å². The Labute approximate surface area is 169 Å². The van der Waals surface area contributed by atoms with Gasteiger partial charge >= 0.3 is 0 Å². The number of likely N-dealkylation sites (N-methyl/N-ethyl adjacent to an activating group) is 1. The number of aromatic nitrogens is 2. The van der Waals surface area contributed by atoms with Crippen LogP contribution in [0.2, 0.25) is 0 Å². The molecule has 3 rings (SSSR count). The summed E-state index contributed by atoms with van der Waals surface area (Å²) in [4.78, 5) is 14.3. The molecular formula is C21H24N4O2S. The van der Waals surface area contributed by atoms with E-state index in [4.69, 9.17) is 4.42 Å². The summed E-state index contributed by atoms with van der Waals surface area (Å²) in [6.45, 7) is 2.55. The predicted molar refractivity (Wildman–Crippen MR) is 111 cm³/mol. The lowest BCUT2D eigenvalue weighted by Gasteiger charge is -2.25. The smallest absolute Gasteiger partial charge is 0.277 e. The molecule has 1 N–H and O–H groups in total. The molecule has 1 atom stereocenters. The number of hydrogen-bond donors (Lipinski definition) is 1. The zero-order valence-corrected chi connectivity index (χ0v) is 17.1. The van der Waals surface area contributed by atoms with E-state index in [1.165, 1.54) is 17.3 Å². The van der Waals surface area contributed by atoms with E-state index < -0.39 is 0 Å². The molecule has 1 heterocycles. The van der Waals surface area contributed by atoms with Gasteiger partial charge in [0, 0.05) is 12.1 Å². The van der Waals surface area contributed by atoms with Crippen molar-refractivity contribution in [1.82, 2.24) is 20.4 Å². The van der Waals surface area contributed by atoms with Crippen molar-refractivity contribution in [3.05, 3.63) is 65.7 Å². The number of carbonyl (C=O) groups is 1. The molecule has 0 fully saturated rings. The average Bonchev–Trinajstić information content (AvgIpc) is 3.16. The molecule has 1 aromatic heterocycles. The van der Waals surface area contributed by atoms with Gasteiger partial charge in [0.05, 0.1) is 11.8 Å². The van der Waals surface area contributed by atoms with Gasteiger partial charge in [-0.3, -0.25) is 4.79 Å². The highest BCUT2D eigenvalue weighted by Crippen LogP contribution is 2.23. The fourth-order valence-electron chi connectivity index (χ4n) is 2.83. The van der Waals surface area contributed by atoms with Crippen molar-refractivity contribution in [3.8, 4) is 11.5 Å². The van der Waals surface area contributed by atoms with Crippen LogP contribution in [0, 0.1) is 6.92 Å². The lowest BCUT2D eigenvalue weighted by molar-refractivity contribution is -0.118. The average molecular weight is 397 g/mol. The molecule has 0 spiro atoms. The maximum atomic E-state index is 12.3. The molecule has 0 bridgehead atoms. The zero-order valence-electron chi connectivity index (χ0n) is 16.3. The van der Waals surface area contributed by atoms with Crippen LogP contribution in [0.25, 0.3) is 11.5 Å². The topological polar surface area (TPSA) is 71.3 Å². The van der Waals surface area contributed by atoms with Crippen LogP contribution in [0.4, 0.5) is 0 Å². The molecule has 0 aliphatic carbocycles. The summed E-state index contributed by atoms with van der Waals surface area (Å²) >= 11 is 1.24. The van der Waals surface area contributed by atoms with Crippen LogP contribution in [-0.4, -0.2) is 47.4 Å². The summed E-state index contributed by atoms with van der Waals surface area (Å²) in [5.74, 6) is 0.621. The van der Waals surface area contributed by atoms with Crippen molar-refractivity contribution in [2.24, 2.45) is 0 Å². The van der Waals surface area contributed by atoms with Crippen LogP contribution in [0.3, 0.4) is 0 Å². The molecule has 2 aromatic carbocycles. The highest BCUT2D eigenvalue weighted by Gasteiger charge is 2.16. The van der Waals surface area contributed by atoms with Gasteiger partial charge in [0.25, 0.3) is 5.22 Å². The summed E-state index contributed by atoms with van der Waals surface area (Å²) in [6, 6.07) is 18.1. The number of amides is 1. The molecule has 1 amide bonds. The summed E-state index contributed by atoms with van der Waals surface area (Å²) in [5, 5.41) is 11.5. The predicted octanol–water partition coefficient (Wildman–Crippen LogP) is 3.56. The summed E-state index contributed by atoms with van der Waals surface area (Å²) < 4.78 is 5.66. The Hall–Kier alpha value is -2.64. The van der Waals surface area contributed by atoms with Crippen LogP contribution in [0.5, 0.6) is 0 Å². The van der Waals surface area contributed by atoms with Crippen LogP contribution in [0.1, 0.15) is 17.2 Å². The number of nitrogens with zero attached hydrogens (tertiary/aromatic N) is 3. The van der Waals surface area contributed by atoms with E-state index >= 15 is 0 Å². The van der Waals surface area contributed by atoms with Crippen molar-refractivity contribution in [1.29, 1.82) is 0 Å². The Morgan fingerprint density at radius 2 is 1.93 bits per heavy atom. The molecule has 146 valence electrons. The molecule has 7 heteroatoms. The minimum absolute atomic E-state index is 0.0666. The van der Waals surface area contributed by atoms with Crippen molar-refractivity contribution in [3.63, 3.8) is 0 Å². The summed E-state index contributed by atoms with van der Waals surface area (Å²) in [7, 11) is 4.01. The second kappa shape index (κ2) is 9.52. The Bertz CT molecular complexity index is 912. The van der Waals surface area contributed by atoms with Crippen molar-refractivity contribution in [2.75, 3.05) is 26.4 Å². The highest BCUT2D eigenvalue weighted by atomic mass is 32.2. The number of nitrogens with one attached hydrogen (secondary N) is 1. The third-order valence-corrected chi connectivity index (χ3v) is 5.12. The number of benzene rings is 2. The van der Waals surface area contributed by atoms with E-state index in [9.17, 15) is 4.79 Å². The first-order valence-corrected chi connectivity index (χ1v) is 10.0. The molecule has 0 unspecified atom stereocenters. The second-order valence-corrected chi connectivity index (χ2v) is 7.65. The van der Waals surface area contributed by atoms with Gasteiger partial charge in [-0.15, -0.1) is 10.2 Å². The first-order valence-electron chi connectivity index (χ1n) is 9.04. The molecule has 0 aliphatic rings. The largest absolute Gasteiger partial charge is 0.411 e. The number of rotatable bonds is 8. The highest BCUT2D eigenvalue weighted by molar-refractivity contribution is 7.99. The molecule has 3 aromatic rings. The minimum atomic E-state index is -0.0666. The Kier molecular flexibility index (Phi) is 6.84. The van der Waals surface area contributed by atoms with E-state index in [0.717, 1.165) is 11.1 Å². The van der Waals surface area contributed by atoms with E-state index in [1.807, 2.05) is 63.5 Å². The van der Waals surface area contributed by atoms with Gasteiger partial charge in [0.15, 0.2) is 0 Å². The molecule has 6 nitrogen and oxygen atoms in total. The van der Waals surface area contributed by atoms with Crippen LogP contribution < -0.4 is 5.32 Å². The Morgan fingerprint density at radius 1 is 1.14 bits per heavy atom. The fourth-order valence-corrected chi connectivity index (χ4v) is 3.42. The molecule has 0 saturated carbocycles. The fraction of sp³-hybridized carbons (Fsp3) is 0.286. The normalized spacial score (nSPS) is 12.1. The third kappa shape index (κ3) is 5.43. The molecular weight excluding hydrogens is 372 g/mol. The van der Waals surface area contributed by atoms with Crippen molar-refractivity contribution >= 4 is 17.7 Å². The van der Waals surface area contributed by atoms with Gasteiger partial charge in [-0.1, -0.05) is 59.8 Å². The van der Waals surface area contributed by atoms with E-state index in [-0.39, 0.29) is 17.7 Å². The van der Waals surface area contributed by atoms with Gasteiger partial charge in [-0.05, 0) is 38.7 Å². The molecule has 0 saturated heterocycles. The first-order chi connectivity index (χ1) is 13.5. The van der Waals surface area contributed by atoms with Gasteiger partial charge in [0.1, 0.15) is 0 Å².